The highest BCUT2D eigenvalue weighted by Crippen LogP contribution is 2.14. The number of anilines is 1. The normalized spacial score (nSPS) is 10.5. The number of ether oxygens (including phenoxy) is 2. The van der Waals surface area contributed by atoms with Crippen LogP contribution >= 0.6 is 0 Å². The minimum atomic E-state index is -0.365. The maximum Gasteiger partial charge on any atom is 0.338 e. The van der Waals surface area contributed by atoms with Crippen molar-refractivity contribution in [2.45, 2.75) is 27.2 Å². The summed E-state index contributed by atoms with van der Waals surface area (Å²) >= 11 is 0. The minimum Gasteiger partial charge on any atom is -0.484 e. The van der Waals surface area contributed by atoms with Crippen molar-refractivity contribution in [1.29, 1.82) is 0 Å². The molecule has 2 aromatic carbocycles. The molecule has 0 aliphatic heterocycles. The number of aryl methyl sites for hydroxylation is 1. The Morgan fingerprint density at radius 2 is 1.81 bits per heavy atom. The highest BCUT2D eigenvalue weighted by molar-refractivity contribution is 5.93. The van der Waals surface area contributed by atoms with Gasteiger partial charge < -0.3 is 14.8 Å². The third-order valence-corrected chi connectivity index (χ3v) is 3.63. The first-order valence-electron chi connectivity index (χ1n) is 8.76. The Kier molecular flexibility index (Phi) is 7.21. The van der Waals surface area contributed by atoms with E-state index in [1.807, 2.05) is 38.1 Å². The maximum absolute atomic E-state index is 12.0. The van der Waals surface area contributed by atoms with Gasteiger partial charge >= 0.3 is 5.97 Å². The third-order valence-electron chi connectivity index (χ3n) is 3.63. The van der Waals surface area contributed by atoms with Crippen molar-refractivity contribution in [2.24, 2.45) is 5.92 Å². The van der Waals surface area contributed by atoms with E-state index in [-0.39, 0.29) is 24.4 Å². The minimum absolute atomic E-state index is 0.0780. The van der Waals surface area contributed by atoms with E-state index in [1.54, 1.807) is 24.3 Å². The molecule has 0 heterocycles. The molecule has 1 N–H and O–H groups in total. The van der Waals surface area contributed by atoms with Gasteiger partial charge in [-0.15, -0.1) is 0 Å². The summed E-state index contributed by atoms with van der Waals surface area (Å²) < 4.78 is 10.7. The Bertz CT molecular complexity index is 738. The van der Waals surface area contributed by atoms with E-state index in [9.17, 15) is 9.59 Å². The lowest BCUT2D eigenvalue weighted by Gasteiger charge is -2.10. The summed E-state index contributed by atoms with van der Waals surface area (Å²) in [5, 5.41) is 2.74. The molecule has 0 atom stereocenters. The number of carbonyl (C=O) groups is 2. The molecule has 2 aromatic rings. The van der Waals surface area contributed by atoms with Gasteiger partial charge in [-0.25, -0.2) is 4.79 Å². The van der Waals surface area contributed by atoms with Gasteiger partial charge in [0.05, 0.1) is 12.2 Å². The van der Waals surface area contributed by atoms with Crippen LogP contribution < -0.4 is 10.1 Å². The fraction of sp³-hybridized carbons (Fsp3) is 0.333. The molecule has 26 heavy (non-hydrogen) atoms. The second kappa shape index (κ2) is 9.61. The lowest BCUT2D eigenvalue weighted by atomic mass is 10.2. The molecule has 0 radical (unpaired) electrons. The Labute approximate surface area is 154 Å². The van der Waals surface area contributed by atoms with Crippen molar-refractivity contribution < 1.29 is 19.1 Å². The van der Waals surface area contributed by atoms with Crippen LogP contribution in [0.5, 0.6) is 5.75 Å². The van der Waals surface area contributed by atoms with Gasteiger partial charge in [0.1, 0.15) is 5.75 Å². The quantitative estimate of drug-likeness (QED) is 0.725. The number of hydrogen-bond acceptors (Lipinski definition) is 4. The van der Waals surface area contributed by atoms with Gasteiger partial charge in [-0.2, -0.15) is 0 Å². The Morgan fingerprint density at radius 3 is 2.46 bits per heavy atom. The van der Waals surface area contributed by atoms with Crippen LogP contribution in [0.2, 0.25) is 0 Å². The van der Waals surface area contributed by atoms with E-state index in [0.29, 0.717) is 23.6 Å². The van der Waals surface area contributed by atoms with Crippen molar-refractivity contribution in [2.75, 3.05) is 18.5 Å². The molecule has 0 aliphatic rings. The highest BCUT2D eigenvalue weighted by Gasteiger charge is 2.09. The summed E-state index contributed by atoms with van der Waals surface area (Å²) in [6.07, 6.45) is 0.912. The number of esters is 1. The van der Waals surface area contributed by atoms with Crippen LogP contribution in [0.15, 0.2) is 48.5 Å². The van der Waals surface area contributed by atoms with Crippen molar-refractivity contribution in [3.05, 3.63) is 59.7 Å². The van der Waals surface area contributed by atoms with Crippen LogP contribution in [0.25, 0.3) is 0 Å². The van der Waals surface area contributed by atoms with Crippen LogP contribution in [0.4, 0.5) is 5.69 Å². The van der Waals surface area contributed by atoms with Gasteiger partial charge in [0.2, 0.25) is 0 Å². The highest BCUT2D eigenvalue weighted by atomic mass is 16.5. The molecule has 2 rings (SSSR count). The Morgan fingerprint density at radius 1 is 1.08 bits per heavy atom. The molecule has 0 aromatic heterocycles. The number of hydrogen-bond donors (Lipinski definition) is 1. The smallest absolute Gasteiger partial charge is 0.338 e. The standard InChI is InChI=1S/C21H25NO4/c1-4-16-6-5-7-19(12-16)25-14-20(23)22-18-10-8-17(9-11-18)21(24)26-13-15(2)3/h5-12,15H,4,13-14H2,1-3H3,(H,22,23). The van der Waals surface area contributed by atoms with E-state index in [0.717, 1.165) is 12.0 Å². The Balaban J connectivity index is 1.84. The van der Waals surface area contributed by atoms with Crippen LogP contribution in [-0.2, 0) is 16.0 Å². The monoisotopic (exact) mass is 355 g/mol. The van der Waals surface area contributed by atoms with E-state index >= 15 is 0 Å². The molecule has 0 saturated heterocycles. The van der Waals surface area contributed by atoms with E-state index < -0.39 is 0 Å². The number of rotatable bonds is 8. The van der Waals surface area contributed by atoms with Crippen LogP contribution in [0.3, 0.4) is 0 Å². The van der Waals surface area contributed by atoms with Crippen molar-refractivity contribution in [3.63, 3.8) is 0 Å². The zero-order valence-corrected chi connectivity index (χ0v) is 15.5. The zero-order valence-electron chi connectivity index (χ0n) is 15.5. The van der Waals surface area contributed by atoms with Crippen molar-refractivity contribution in [3.8, 4) is 5.75 Å². The Hall–Kier alpha value is -2.82. The fourth-order valence-electron chi connectivity index (χ4n) is 2.22. The molecule has 0 spiro atoms. The summed E-state index contributed by atoms with van der Waals surface area (Å²) in [7, 11) is 0. The van der Waals surface area contributed by atoms with E-state index in [1.165, 1.54) is 0 Å². The number of carbonyl (C=O) groups excluding carboxylic acids is 2. The van der Waals surface area contributed by atoms with Gasteiger partial charge in [-0.3, -0.25) is 4.79 Å². The molecule has 0 bridgehead atoms. The summed E-state index contributed by atoms with van der Waals surface area (Å²) in [6.45, 7) is 6.33. The first-order valence-corrected chi connectivity index (χ1v) is 8.76. The average molecular weight is 355 g/mol. The first-order chi connectivity index (χ1) is 12.5. The van der Waals surface area contributed by atoms with E-state index in [2.05, 4.69) is 12.2 Å². The molecule has 0 unspecified atom stereocenters. The molecule has 0 aliphatic carbocycles. The lowest BCUT2D eigenvalue weighted by molar-refractivity contribution is -0.118. The summed E-state index contributed by atoms with van der Waals surface area (Å²) in [4.78, 5) is 23.9. The predicted octanol–water partition coefficient (Wildman–Crippen LogP) is 4.08. The largest absolute Gasteiger partial charge is 0.484 e. The van der Waals surface area contributed by atoms with Crippen molar-refractivity contribution in [1.82, 2.24) is 0 Å². The number of benzene rings is 2. The summed E-state index contributed by atoms with van der Waals surface area (Å²) in [5.41, 5.74) is 2.21. The average Bonchev–Trinajstić information content (AvgIpc) is 2.65. The van der Waals surface area contributed by atoms with Crippen LogP contribution in [-0.4, -0.2) is 25.1 Å². The van der Waals surface area contributed by atoms with Gasteiger partial charge in [-0.05, 0) is 54.3 Å². The second-order valence-electron chi connectivity index (χ2n) is 6.41. The summed E-state index contributed by atoms with van der Waals surface area (Å²) in [6, 6.07) is 14.3. The molecule has 5 heteroatoms. The predicted molar refractivity (Wildman–Crippen MR) is 102 cm³/mol. The van der Waals surface area contributed by atoms with Gasteiger partial charge in [-0.1, -0.05) is 32.9 Å². The molecular formula is C21H25NO4. The van der Waals surface area contributed by atoms with E-state index in [4.69, 9.17) is 9.47 Å². The molecule has 138 valence electrons. The van der Waals surface area contributed by atoms with Gasteiger partial charge in [0.15, 0.2) is 6.61 Å². The number of nitrogens with one attached hydrogen (secondary N) is 1. The fourth-order valence-corrected chi connectivity index (χ4v) is 2.22. The molecule has 1 amide bonds. The molecule has 0 fully saturated rings. The van der Waals surface area contributed by atoms with Crippen LogP contribution in [0, 0.1) is 5.92 Å². The molecule has 0 saturated carbocycles. The number of amides is 1. The maximum atomic E-state index is 12.0. The topological polar surface area (TPSA) is 64.6 Å². The molecule has 5 nitrogen and oxygen atoms in total. The lowest BCUT2D eigenvalue weighted by Crippen LogP contribution is -2.20. The van der Waals surface area contributed by atoms with Gasteiger partial charge in [0.25, 0.3) is 5.91 Å². The van der Waals surface area contributed by atoms with Gasteiger partial charge in [0, 0.05) is 5.69 Å². The third kappa shape index (κ3) is 6.24. The zero-order chi connectivity index (χ0) is 18.9. The SMILES string of the molecule is CCc1cccc(OCC(=O)Nc2ccc(C(=O)OCC(C)C)cc2)c1. The summed E-state index contributed by atoms with van der Waals surface area (Å²) in [5.74, 6) is 0.330. The van der Waals surface area contributed by atoms with Crippen molar-refractivity contribution >= 4 is 17.6 Å². The molecular weight excluding hydrogens is 330 g/mol. The first kappa shape index (κ1) is 19.5. The second-order valence-corrected chi connectivity index (χ2v) is 6.41. The van der Waals surface area contributed by atoms with Crippen LogP contribution in [0.1, 0.15) is 36.7 Å².